The van der Waals surface area contributed by atoms with Crippen LogP contribution in [0.5, 0.6) is 0 Å². The van der Waals surface area contributed by atoms with Gasteiger partial charge in [-0.2, -0.15) is 0 Å². The number of benzene rings is 2. The van der Waals surface area contributed by atoms with Crippen LogP contribution in [0.1, 0.15) is 41.6 Å². The molecule has 0 amide bonds. The Kier molecular flexibility index (Phi) is 3.84. The third-order valence-corrected chi connectivity index (χ3v) is 5.02. The number of hydrogen-bond acceptors (Lipinski definition) is 1. The largest absolute Gasteiger partial charge is 0.378 e. The van der Waals surface area contributed by atoms with E-state index in [1.54, 1.807) is 0 Å². The van der Waals surface area contributed by atoms with Crippen molar-refractivity contribution in [2.75, 3.05) is 5.32 Å². The van der Waals surface area contributed by atoms with Crippen molar-refractivity contribution in [2.24, 2.45) is 0 Å². The molecule has 0 aliphatic heterocycles. The summed E-state index contributed by atoms with van der Waals surface area (Å²) in [7, 11) is 0. The lowest BCUT2D eigenvalue weighted by Gasteiger charge is -2.20. The predicted molar refractivity (Wildman–Crippen MR) is 89.4 cm³/mol. The molecule has 1 aliphatic carbocycles. The second-order valence-corrected chi connectivity index (χ2v) is 6.36. The highest BCUT2D eigenvalue weighted by molar-refractivity contribution is 9.10. The molecular weight excluding hydrogens is 310 g/mol. The van der Waals surface area contributed by atoms with E-state index in [-0.39, 0.29) is 0 Å². The Hall–Kier alpha value is -1.28. The van der Waals surface area contributed by atoms with Crippen LogP contribution in [0.25, 0.3) is 0 Å². The van der Waals surface area contributed by atoms with E-state index >= 15 is 0 Å². The molecule has 0 saturated heterocycles. The van der Waals surface area contributed by atoms with Crippen molar-refractivity contribution in [1.29, 1.82) is 0 Å². The number of fused-ring (bicyclic) bond motifs is 1. The first kappa shape index (κ1) is 13.7. The van der Waals surface area contributed by atoms with E-state index in [4.69, 9.17) is 0 Å². The standard InChI is InChI=1S/C18H20BrN/c1-3-13-7-4-6-12(2)18(13)20-17-11-10-14-15(17)8-5-9-16(14)19/h4-9,17,20H,3,10-11H2,1-2H3. The lowest BCUT2D eigenvalue weighted by atomic mass is 10.0. The van der Waals surface area contributed by atoms with Gasteiger partial charge in [-0.05, 0) is 54.5 Å². The van der Waals surface area contributed by atoms with Crippen molar-refractivity contribution in [3.63, 3.8) is 0 Å². The third kappa shape index (κ3) is 2.37. The Balaban J connectivity index is 1.94. The molecule has 0 radical (unpaired) electrons. The first-order valence-corrected chi connectivity index (χ1v) is 8.12. The average Bonchev–Trinajstić information content (AvgIpc) is 2.86. The second kappa shape index (κ2) is 5.61. The minimum atomic E-state index is 0.439. The monoisotopic (exact) mass is 329 g/mol. The summed E-state index contributed by atoms with van der Waals surface area (Å²) < 4.78 is 1.25. The number of hydrogen-bond donors (Lipinski definition) is 1. The fourth-order valence-corrected chi connectivity index (χ4v) is 3.74. The van der Waals surface area contributed by atoms with E-state index in [1.165, 1.54) is 38.8 Å². The first-order valence-electron chi connectivity index (χ1n) is 7.33. The minimum Gasteiger partial charge on any atom is -0.378 e. The predicted octanol–water partition coefficient (Wildman–Crippen LogP) is 5.42. The van der Waals surface area contributed by atoms with Gasteiger partial charge < -0.3 is 5.32 Å². The quantitative estimate of drug-likeness (QED) is 0.792. The van der Waals surface area contributed by atoms with E-state index in [9.17, 15) is 0 Å². The minimum absolute atomic E-state index is 0.439. The molecule has 2 aromatic carbocycles. The summed E-state index contributed by atoms with van der Waals surface area (Å²) in [5.74, 6) is 0. The number of halogens is 1. The Morgan fingerprint density at radius 2 is 2.00 bits per heavy atom. The van der Waals surface area contributed by atoms with Crippen molar-refractivity contribution in [3.05, 3.63) is 63.1 Å². The van der Waals surface area contributed by atoms with Gasteiger partial charge in [-0.15, -0.1) is 0 Å². The second-order valence-electron chi connectivity index (χ2n) is 5.51. The topological polar surface area (TPSA) is 12.0 Å². The summed E-state index contributed by atoms with van der Waals surface area (Å²) in [6.07, 6.45) is 3.40. The summed E-state index contributed by atoms with van der Waals surface area (Å²) >= 11 is 3.68. The summed E-state index contributed by atoms with van der Waals surface area (Å²) in [5, 5.41) is 3.79. The first-order chi connectivity index (χ1) is 9.70. The fourth-order valence-electron chi connectivity index (χ4n) is 3.16. The zero-order valence-electron chi connectivity index (χ0n) is 12.0. The van der Waals surface area contributed by atoms with Crippen molar-refractivity contribution in [3.8, 4) is 0 Å². The highest BCUT2D eigenvalue weighted by atomic mass is 79.9. The van der Waals surface area contributed by atoms with Gasteiger partial charge in [0.1, 0.15) is 0 Å². The SMILES string of the molecule is CCc1cccc(C)c1NC1CCc2c(Br)cccc21. The lowest BCUT2D eigenvalue weighted by molar-refractivity contribution is 0.759. The van der Waals surface area contributed by atoms with Crippen molar-refractivity contribution >= 4 is 21.6 Å². The van der Waals surface area contributed by atoms with Gasteiger partial charge >= 0.3 is 0 Å². The van der Waals surface area contributed by atoms with Crippen LogP contribution >= 0.6 is 15.9 Å². The zero-order chi connectivity index (χ0) is 14.1. The molecule has 104 valence electrons. The molecule has 1 nitrogen and oxygen atoms in total. The molecule has 0 bridgehead atoms. The fraction of sp³-hybridized carbons (Fsp3) is 0.333. The highest BCUT2D eigenvalue weighted by Crippen LogP contribution is 2.38. The van der Waals surface area contributed by atoms with Crippen molar-refractivity contribution < 1.29 is 0 Å². The van der Waals surface area contributed by atoms with Gasteiger partial charge in [0.05, 0.1) is 6.04 Å². The van der Waals surface area contributed by atoms with Crippen LogP contribution in [0.15, 0.2) is 40.9 Å². The molecule has 2 heteroatoms. The zero-order valence-corrected chi connectivity index (χ0v) is 13.6. The van der Waals surface area contributed by atoms with Crippen LogP contribution in [0.4, 0.5) is 5.69 Å². The van der Waals surface area contributed by atoms with Gasteiger partial charge in [0.25, 0.3) is 0 Å². The maximum atomic E-state index is 3.79. The number of rotatable bonds is 3. The maximum Gasteiger partial charge on any atom is 0.0520 e. The van der Waals surface area contributed by atoms with Crippen LogP contribution in [0.2, 0.25) is 0 Å². The van der Waals surface area contributed by atoms with E-state index < -0.39 is 0 Å². The van der Waals surface area contributed by atoms with E-state index in [0.29, 0.717) is 6.04 Å². The van der Waals surface area contributed by atoms with Gasteiger partial charge in [-0.1, -0.05) is 53.2 Å². The third-order valence-electron chi connectivity index (χ3n) is 4.27. The van der Waals surface area contributed by atoms with Crippen LogP contribution in [-0.2, 0) is 12.8 Å². The van der Waals surface area contributed by atoms with Gasteiger partial charge in [-0.3, -0.25) is 0 Å². The van der Waals surface area contributed by atoms with E-state index in [2.05, 4.69) is 71.5 Å². The van der Waals surface area contributed by atoms with Gasteiger partial charge in [-0.25, -0.2) is 0 Å². The molecule has 0 saturated carbocycles. The Labute approximate surface area is 129 Å². The molecule has 0 aromatic heterocycles. The summed E-state index contributed by atoms with van der Waals surface area (Å²) in [6.45, 7) is 4.41. The summed E-state index contributed by atoms with van der Waals surface area (Å²) in [4.78, 5) is 0. The number of para-hydroxylation sites is 1. The van der Waals surface area contributed by atoms with E-state index in [0.717, 1.165) is 12.8 Å². The molecule has 0 heterocycles. The molecular formula is C18H20BrN. The van der Waals surface area contributed by atoms with E-state index in [1.807, 2.05) is 0 Å². The van der Waals surface area contributed by atoms with Crippen molar-refractivity contribution in [1.82, 2.24) is 0 Å². The molecule has 1 N–H and O–H groups in total. The molecule has 3 rings (SSSR count). The van der Waals surface area contributed by atoms with Crippen LogP contribution in [-0.4, -0.2) is 0 Å². The Morgan fingerprint density at radius 3 is 2.80 bits per heavy atom. The normalized spacial score (nSPS) is 17.1. The van der Waals surface area contributed by atoms with Crippen LogP contribution in [0, 0.1) is 6.92 Å². The Bertz CT molecular complexity index is 633. The molecule has 2 aromatic rings. The summed E-state index contributed by atoms with van der Waals surface area (Å²) in [6, 6.07) is 13.6. The molecule has 0 spiro atoms. The molecule has 1 atom stereocenters. The molecule has 20 heavy (non-hydrogen) atoms. The molecule has 1 aliphatic rings. The van der Waals surface area contributed by atoms with Crippen LogP contribution < -0.4 is 5.32 Å². The number of anilines is 1. The summed E-state index contributed by atoms with van der Waals surface area (Å²) in [5.41, 5.74) is 7.00. The average molecular weight is 330 g/mol. The molecule has 0 fully saturated rings. The lowest BCUT2D eigenvalue weighted by Crippen LogP contribution is -2.10. The number of aryl methyl sites for hydroxylation is 2. The Morgan fingerprint density at radius 1 is 1.20 bits per heavy atom. The van der Waals surface area contributed by atoms with Crippen LogP contribution in [0.3, 0.4) is 0 Å². The van der Waals surface area contributed by atoms with Gasteiger partial charge in [0, 0.05) is 10.2 Å². The molecule has 1 unspecified atom stereocenters. The number of nitrogens with one attached hydrogen (secondary N) is 1. The maximum absolute atomic E-state index is 3.79. The smallest absolute Gasteiger partial charge is 0.0520 e. The highest BCUT2D eigenvalue weighted by Gasteiger charge is 2.24. The van der Waals surface area contributed by atoms with Crippen molar-refractivity contribution in [2.45, 2.75) is 39.2 Å². The van der Waals surface area contributed by atoms with Gasteiger partial charge in [0.15, 0.2) is 0 Å². The van der Waals surface area contributed by atoms with Gasteiger partial charge in [0.2, 0.25) is 0 Å².